The summed E-state index contributed by atoms with van der Waals surface area (Å²) >= 11 is 5.91. The molecule has 3 heterocycles. The van der Waals surface area contributed by atoms with Gasteiger partial charge in [0.15, 0.2) is 5.84 Å². The molecule has 1 aromatic rings. The Morgan fingerprint density at radius 3 is 2.48 bits per heavy atom. The van der Waals surface area contributed by atoms with Crippen LogP contribution in [0.4, 0.5) is 18.9 Å². The lowest BCUT2D eigenvalue weighted by atomic mass is 10.0. The van der Waals surface area contributed by atoms with Crippen LogP contribution >= 0.6 is 11.6 Å². The minimum atomic E-state index is -4.55. The summed E-state index contributed by atoms with van der Waals surface area (Å²) in [6, 6.07) is 2.28. The lowest BCUT2D eigenvalue weighted by molar-refractivity contribution is -0.137. The first-order valence-corrected chi connectivity index (χ1v) is 8.94. The van der Waals surface area contributed by atoms with Gasteiger partial charge in [-0.3, -0.25) is 4.99 Å². The number of amidine groups is 1. The van der Waals surface area contributed by atoms with Gasteiger partial charge in [-0.05, 0) is 26.1 Å². The zero-order chi connectivity index (χ0) is 19.3. The lowest BCUT2D eigenvalue weighted by Gasteiger charge is -2.40. The number of hydrogen-bond acceptors (Lipinski definition) is 6. The fraction of sp³-hybridized carbons (Fsp3) is 0.471. The summed E-state index contributed by atoms with van der Waals surface area (Å²) in [5, 5.41) is 5.70. The van der Waals surface area contributed by atoms with E-state index < -0.39 is 11.7 Å². The van der Waals surface area contributed by atoms with E-state index in [1.54, 1.807) is 5.01 Å². The third-order valence-electron chi connectivity index (χ3n) is 4.76. The van der Waals surface area contributed by atoms with Crippen molar-refractivity contribution in [3.63, 3.8) is 0 Å². The topological polar surface area (TPSA) is 46.8 Å². The minimum Gasteiger partial charge on any atom is -0.338 e. The van der Waals surface area contributed by atoms with Crippen LogP contribution in [-0.4, -0.2) is 72.1 Å². The van der Waals surface area contributed by atoms with Crippen LogP contribution in [0.1, 0.15) is 18.1 Å². The van der Waals surface area contributed by atoms with Gasteiger partial charge in [-0.25, -0.2) is 4.99 Å². The van der Waals surface area contributed by atoms with E-state index in [-0.39, 0.29) is 5.02 Å². The number of halogens is 4. The number of guanidine groups is 1. The van der Waals surface area contributed by atoms with Crippen molar-refractivity contribution in [1.82, 2.24) is 14.8 Å². The van der Waals surface area contributed by atoms with E-state index in [0.29, 0.717) is 29.6 Å². The second kappa shape index (κ2) is 6.49. The van der Waals surface area contributed by atoms with Gasteiger partial charge in [0.2, 0.25) is 5.96 Å². The maximum atomic E-state index is 13.3. The van der Waals surface area contributed by atoms with Crippen LogP contribution in [0, 0.1) is 0 Å². The van der Waals surface area contributed by atoms with Crippen molar-refractivity contribution in [2.75, 3.05) is 39.8 Å². The van der Waals surface area contributed by atoms with E-state index in [4.69, 9.17) is 11.6 Å². The Morgan fingerprint density at radius 2 is 1.81 bits per heavy atom. The number of piperazine rings is 1. The smallest absolute Gasteiger partial charge is 0.338 e. The Morgan fingerprint density at radius 1 is 1.11 bits per heavy atom. The number of aliphatic imine (C=N–C) groups is 2. The molecule has 1 aromatic carbocycles. The second-order valence-electron chi connectivity index (χ2n) is 6.84. The first-order valence-electron chi connectivity index (χ1n) is 8.56. The third kappa shape index (κ3) is 3.29. The first kappa shape index (κ1) is 18.2. The molecular formula is C17H18ClF3N6. The maximum Gasteiger partial charge on any atom is 0.417 e. The number of likely N-dealkylation sites (N-methyl/N-ethyl adjacent to an activating group) is 1. The zero-order valence-corrected chi connectivity index (χ0v) is 15.6. The molecule has 0 unspecified atom stereocenters. The fourth-order valence-electron chi connectivity index (χ4n) is 3.26. The highest BCUT2D eigenvalue weighted by atomic mass is 35.5. The van der Waals surface area contributed by atoms with Gasteiger partial charge in [0.05, 0.1) is 28.5 Å². The average Bonchev–Trinajstić information content (AvgIpc) is 2.60. The molecule has 0 aliphatic carbocycles. The molecule has 0 spiro atoms. The highest BCUT2D eigenvalue weighted by molar-refractivity contribution is 6.32. The molecule has 10 heteroatoms. The molecule has 0 aromatic heterocycles. The molecule has 6 nitrogen and oxygen atoms in total. The fourth-order valence-corrected chi connectivity index (χ4v) is 3.53. The van der Waals surface area contributed by atoms with E-state index in [0.717, 1.165) is 38.0 Å². The standard InChI is InChI=1S/C17H18ClF3N6/c1-10-9-22-15-11-7-12(17(19,20)21)13(18)8-14(11)23-16(27(15)24-10)26-5-3-25(2)4-6-26/h7-8H,3-6,9H2,1-2H3. The van der Waals surface area contributed by atoms with Gasteiger partial charge in [0, 0.05) is 31.7 Å². The average molecular weight is 399 g/mol. The number of hydrazone groups is 1. The van der Waals surface area contributed by atoms with Crippen LogP contribution < -0.4 is 0 Å². The highest BCUT2D eigenvalue weighted by Crippen LogP contribution is 2.40. The van der Waals surface area contributed by atoms with Crippen molar-refractivity contribution in [2.24, 2.45) is 15.1 Å². The largest absolute Gasteiger partial charge is 0.417 e. The van der Waals surface area contributed by atoms with Crippen molar-refractivity contribution < 1.29 is 13.2 Å². The number of nitrogens with zero attached hydrogens (tertiary/aromatic N) is 6. The van der Waals surface area contributed by atoms with Crippen LogP contribution in [0.5, 0.6) is 0 Å². The van der Waals surface area contributed by atoms with E-state index in [9.17, 15) is 13.2 Å². The SMILES string of the molecule is CC1=NN2C(=NC1)c1cc(C(F)(F)F)c(Cl)cc1N=C2N1CCN(C)CC1. The Bertz CT molecular complexity index is 868. The Kier molecular flexibility index (Phi) is 4.38. The molecule has 0 atom stereocenters. The van der Waals surface area contributed by atoms with Gasteiger partial charge in [0.1, 0.15) is 0 Å². The predicted octanol–water partition coefficient (Wildman–Crippen LogP) is 3.05. The normalized spacial score (nSPS) is 20.6. The number of alkyl halides is 3. The Labute approximate surface area is 159 Å². The summed E-state index contributed by atoms with van der Waals surface area (Å²) in [6.45, 7) is 5.39. The highest BCUT2D eigenvalue weighted by Gasteiger charge is 2.38. The molecule has 4 rings (SSSR count). The summed E-state index contributed by atoms with van der Waals surface area (Å²) in [6.07, 6.45) is -4.55. The molecule has 3 aliphatic rings. The van der Waals surface area contributed by atoms with Gasteiger partial charge in [0.25, 0.3) is 0 Å². The molecule has 0 radical (unpaired) electrons. The molecule has 1 fully saturated rings. The van der Waals surface area contributed by atoms with Gasteiger partial charge >= 0.3 is 6.18 Å². The predicted molar refractivity (Wildman–Crippen MR) is 99.0 cm³/mol. The maximum absolute atomic E-state index is 13.3. The molecule has 27 heavy (non-hydrogen) atoms. The molecule has 0 amide bonds. The van der Waals surface area contributed by atoms with E-state index >= 15 is 0 Å². The molecule has 144 valence electrons. The van der Waals surface area contributed by atoms with E-state index in [2.05, 4.69) is 24.9 Å². The molecular weight excluding hydrogens is 381 g/mol. The Hall–Kier alpha value is -2.13. The summed E-state index contributed by atoms with van der Waals surface area (Å²) < 4.78 is 39.9. The van der Waals surface area contributed by atoms with Crippen LogP contribution in [0.2, 0.25) is 5.02 Å². The molecule has 0 saturated carbocycles. The van der Waals surface area contributed by atoms with Crippen LogP contribution in [0.3, 0.4) is 0 Å². The van der Waals surface area contributed by atoms with Gasteiger partial charge in [-0.1, -0.05) is 11.6 Å². The molecule has 3 aliphatic heterocycles. The van der Waals surface area contributed by atoms with Crippen molar-refractivity contribution in [3.8, 4) is 0 Å². The van der Waals surface area contributed by atoms with Crippen LogP contribution in [-0.2, 0) is 6.18 Å². The van der Waals surface area contributed by atoms with Crippen molar-refractivity contribution in [3.05, 3.63) is 28.3 Å². The second-order valence-corrected chi connectivity index (χ2v) is 7.24. The first-order chi connectivity index (χ1) is 12.7. The number of hydrogen-bond donors (Lipinski definition) is 0. The summed E-state index contributed by atoms with van der Waals surface area (Å²) in [4.78, 5) is 13.4. The van der Waals surface area contributed by atoms with Crippen molar-refractivity contribution in [2.45, 2.75) is 13.1 Å². The van der Waals surface area contributed by atoms with Crippen molar-refractivity contribution in [1.29, 1.82) is 0 Å². The summed E-state index contributed by atoms with van der Waals surface area (Å²) in [5.74, 6) is 0.950. The summed E-state index contributed by atoms with van der Waals surface area (Å²) in [5.41, 5.74) is 0.552. The van der Waals surface area contributed by atoms with Crippen LogP contribution in [0.25, 0.3) is 0 Å². The lowest BCUT2D eigenvalue weighted by Crippen LogP contribution is -2.54. The third-order valence-corrected chi connectivity index (χ3v) is 5.07. The van der Waals surface area contributed by atoms with Gasteiger partial charge in [-0.15, -0.1) is 0 Å². The van der Waals surface area contributed by atoms with Gasteiger partial charge < -0.3 is 9.80 Å². The summed E-state index contributed by atoms with van der Waals surface area (Å²) in [7, 11) is 2.05. The van der Waals surface area contributed by atoms with Crippen LogP contribution in [0.15, 0.2) is 27.2 Å². The molecule has 0 bridgehead atoms. The number of benzene rings is 1. The Balaban J connectivity index is 1.83. The molecule has 1 saturated heterocycles. The van der Waals surface area contributed by atoms with E-state index in [1.165, 1.54) is 6.07 Å². The monoisotopic (exact) mass is 398 g/mol. The van der Waals surface area contributed by atoms with E-state index in [1.807, 2.05) is 14.0 Å². The van der Waals surface area contributed by atoms with Crippen molar-refractivity contribution >= 4 is 34.8 Å². The number of rotatable bonds is 0. The zero-order valence-electron chi connectivity index (χ0n) is 14.9. The minimum absolute atomic E-state index is 0.292. The van der Waals surface area contributed by atoms with Gasteiger partial charge in [-0.2, -0.15) is 23.3 Å². The molecule has 0 N–H and O–H groups in total. The number of fused-ring (bicyclic) bond motifs is 3. The quantitative estimate of drug-likeness (QED) is 0.675.